The third kappa shape index (κ3) is 36.0. The van der Waals surface area contributed by atoms with Gasteiger partial charge in [-0.1, -0.05) is 147 Å². The maximum atomic E-state index is 12.5. The highest BCUT2D eigenvalue weighted by molar-refractivity contribution is 7.47. The largest absolute Gasteiger partial charge is 0.472 e. The first-order valence-electron chi connectivity index (χ1n) is 20.0. The number of nitrogens with two attached hydrogens (primary N) is 1. The van der Waals surface area contributed by atoms with E-state index in [1.807, 2.05) is 0 Å². The Hall–Kier alpha value is -1.77. The average molecular weight is 728 g/mol. The molecule has 2 atom stereocenters. The van der Waals surface area contributed by atoms with E-state index >= 15 is 0 Å². The fourth-order valence-corrected chi connectivity index (χ4v) is 6.05. The fraction of sp³-hybridized carbons (Fsp3) is 0.800. The van der Waals surface area contributed by atoms with Crippen LogP contribution < -0.4 is 5.73 Å². The number of carbonyl (C=O) groups is 2. The molecule has 50 heavy (non-hydrogen) atoms. The average Bonchev–Trinajstić information content (AvgIpc) is 3.10. The zero-order chi connectivity index (χ0) is 36.8. The molecule has 10 heteroatoms. The van der Waals surface area contributed by atoms with Crippen LogP contribution in [0.15, 0.2) is 36.5 Å². The first-order valence-corrected chi connectivity index (χ1v) is 21.5. The van der Waals surface area contributed by atoms with Crippen LogP contribution in [0.3, 0.4) is 0 Å². The second-order valence-corrected chi connectivity index (χ2v) is 14.6. The number of unbranched alkanes of at least 4 members (excludes halogenated alkanes) is 18. The number of allylic oxidation sites excluding steroid dienone is 6. The molecule has 0 amide bonds. The van der Waals surface area contributed by atoms with Crippen molar-refractivity contribution in [2.45, 2.75) is 180 Å². The van der Waals surface area contributed by atoms with Crippen molar-refractivity contribution in [3.8, 4) is 0 Å². The number of hydrogen-bond acceptors (Lipinski definition) is 8. The summed E-state index contributed by atoms with van der Waals surface area (Å²) in [6.45, 7) is 3.67. The molecule has 0 saturated heterocycles. The van der Waals surface area contributed by atoms with Crippen molar-refractivity contribution >= 4 is 19.8 Å². The summed E-state index contributed by atoms with van der Waals surface area (Å²) in [4.78, 5) is 34.7. The van der Waals surface area contributed by atoms with Crippen LogP contribution in [0.1, 0.15) is 174 Å². The molecule has 3 N–H and O–H groups in total. The Kier molecular flexibility index (Phi) is 35.7. The number of hydrogen-bond donors (Lipinski definition) is 2. The molecule has 0 bridgehead atoms. The molecule has 0 aromatic heterocycles. The molecular weight excluding hydrogens is 653 g/mol. The van der Waals surface area contributed by atoms with Gasteiger partial charge in [-0.05, 0) is 51.4 Å². The van der Waals surface area contributed by atoms with Crippen molar-refractivity contribution in [3.63, 3.8) is 0 Å². The Morgan fingerprint density at radius 1 is 0.600 bits per heavy atom. The van der Waals surface area contributed by atoms with Crippen molar-refractivity contribution in [2.24, 2.45) is 5.73 Å². The minimum atomic E-state index is -4.37. The molecule has 0 aliphatic carbocycles. The third-order valence-electron chi connectivity index (χ3n) is 8.28. The molecule has 0 spiro atoms. The summed E-state index contributed by atoms with van der Waals surface area (Å²) in [6, 6.07) is 0. The molecule has 9 nitrogen and oxygen atoms in total. The van der Waals surface area contributed by atoms with Gasteiger partial charge in [0.2, 0.25) is 0 Å². The van der Waals surface area contributed by atoms with E-state index in [0.717, 1.165) is 57.8 Å². The Balaban J connectivity index is 4.23. The summed E-state index contributed by atoms with van der Waals surface area (Å²) in [5.74, 6) is -0.853. The highest BCUT2D eigenvalue weighted by Crippen LogP contribution is 2.43. The van der Waals surface area contributed by atoms with Crippen LogP contribution in [0.2, 0.25) is 0 Å². The smallest absolute Gasteiger partial charge is 0.462 e. The molecule has 0 rings (SSSR count). The second-order valence-electron chi connectivity index (χ2n) is 13.2. The standard InChI is InChI=1S/C40H74NO8P/c1-3-5-7-9-11-13-15-17-18-19-20-21-23-24-26-28-30-32-39(42)46-36-38(37-48-50(44,45)47-35-34-41)49-40(43)33-31-29-27-25-22-16-14-12-10-8-6-4-2/h11,13,17-18,20-21,38H,3-10,12,14-16,19,22-37,41H2,1-2H3,(H,44,45)/b13-11-,18-17-,21-20-/t38-/m1/s1. The van der Waals surface area contributed by atoms with Gasteiger partial charge in [0.25, 0.3) is 0 Å². The van der Waals surface area contributed by atoms with Crippen LogP contribution in [0.4, 0.5) is 0 Å². The summed E-state index contributed by atoms with van der Waals surface area (Å²) in [5.41, 5.74) is 5.33. The second kappa shape index (κ2) is 37.0. The van der Waals surface area contributed by atoms with Gasteiger partial charge in [0.05, 0.1) is 13.2 Å². The van der Waals surface area contributed by atoms with E-state index < -0.39 is 32.5 Å². The molecule has 292 valence electrons. The first-order chi connectivity index (χ1) is 24.3. The van der Waals surface area contributed by atoms with Gasteiger partial charge in [-0.15, -0.1) is 0 Å². The summed E-state index contributed by atoms with van der Waals surface area (Å²) in [6.07, 6.45) is 38.8. The van der Waals surface area contributed by atoms with E-state index in [9.17, 15) is 19.0 Å². The Morgan fingerprint density at radius 2 is 1.04 bits per heavy atom. The van der Waals surface area contributed by atoms with E-state index in [4.69, 9.17) is 24.3 Å². The lowest BCUT2D eigenvalue weighted by Gasteiger charge is -2.19. The molecule has 0 aliphatic heterocycles. The van der Waals surface area contributed by atoms with Crippen LogP contribution in [0.25, 0.3) is 0 Å². The summed E-state index contributed by atoms with van der Waals surface area (Å²) in [5, 5.41) is 0. The Morgan fingerprint density at radius 3 is 1.58 bits per heavy atom. The van der Waals surface area contributed by atoms with Gasteiger partial charge in [-0.25, -0.2) is 4.57 Å². The van der Waals surface area contributed by atoms with Gasteiger partial charge in [-0.3, -0.25) is 18.6 Å². The van der Waals surface area contributed by atoms with Crippen molar-refractivity contribution in [2.75, 3.05) is 26.4 Å². The number of phosphoric acid groups is 1. The maximum absolute atomic E-state index is 12.5. The fourth-order valence-electron chi connectivity index (χ4n) is 5.29. The summed E-state index contributed by atoms with van der Waals surface area (Å²) < 4.78 is 32.7. The molecular formula is C40H74NO8P. The van der Waals surface area contributed by atoms with Crippen LogP contribution in [0, 0.1) is 0 Å². The van der Waals surface area contributed by atoms with Gasteiger partial charge < -0.3 is 20.1 Å². The van der Waals surface area contributed by atoms with Crippen molar-refractivity contribution in [1.82, 2.24) is 0 Å². The van der Waals surface area contributed by atoms with Gasteiger partial charge >= 0.3 is 19.8 Å². The van der Waals surface area contributed by atoms with Crippen molar-refractivity contribution in [3.05, 3.63) is 36.5 Å². The third-order valence-corrected chi connectivity index (χ3v) is 9.26. The zero-order valence-electron chi connectivity index (χ0n) is 31.9. The normalized spacial score (nSPS) is 13.8. The molecule has 0 aromatic rings. The minimum Gasteiger partial charge on any atom is -0.462 e. The number of carbonyl (C=O) groups excluding carboxylic acids is 2. The molecule has 0 aromatic carbocycles. The highest BCUT2D eigenvalue weighted by Gasteiger charge is 2.25. The minimum absolute atomic E-state index is 0.0505. The van der Waals surface area contributed by atoms with Crippen LogP contribution in [-0.2, 0) is 32.7 Å². The van der Waals surface area contributed by atoms with E-state index in [0.29, 0.717) is 12.8 Å². The highest BCUT2D eigenvalue weighted by atomic mass is 31.2. The van der Waals surface area contributed by atoms with E-state index in [1.165, 1.54) is 77.0 Å². The van der Waals surface area contributed by atoms with Crippen LogP contribution >= 0.6 is 7.82 Å². The summed E-state index contributed by atoms with van der Waals surface area (Å²) >= 11 is 0. The van der Waals surface area contributed by atoms with Crippen molar-refractivity contribution < 1.29 is 37.6 Å². The van der Waals surface area contributed by atoms with Crippen LogP contribution in [0.5, 0.6) is 0 Å². The Labute approximate surface area is 305 Å². The molecule has 0 radical (unpaired) electrons. The van der Waals surface area contributed by atoms with Gasteiger partial charge in [0.15, 0.2) is 6.10 Å². The first kappa shape index (κ1) is 48.2. The van der Waals surface area contributed by atoms with Gasteiger partial charge in [-0.2, -0.15) is 0 Å². The van der Waals surface area contributed by atoms with Gasteiger partial charge in [0.1, 0.15) is 6.61 Å². The van der Waals surface area contributed by atoms with E-state index in [-0.39, 0.29) is 32.6 Å². The number of rotatable bonds is 37. The zero-order valence-corrected chi connectivity index (χ0v) is 32.8. The lowest BCUT2D eigenvalue weighted by Crippen LogP contribution is -2.29. The van der Waals surface area contributed by atoms with Crippen molar-refractivity contribution in [1.29, 1.82) is 0 Å². The van der Waals surface area contributed by atoms with E-state index in [1.54, 1.807) is 0 Å². The maximum Gasteiger partial charge on any atom is 0.472 e. The SMILES string of the molecule is CCCCC/C=C\C/C=C\C/C=C\CCCCCCC(=O)OC[C@H](COP(=O)(O)OCCN)OC(=O)CCCCCCCCCCCCCC. The molecule has 0 fully saturated rings. The molecule has 0 saturated carbocycles. The topological polar surface area (TPSA) is 134 Å². The lowest BCUT2D eigenvalue weighted by atomic mass is 10.0. The number of esters is 2. The van der Waals surface area contributed by atoms with E-state index in [2.05, 4.69) is 50.3 Å². The quantitative estimate of drug-likeness (QED) is 0.0277. The number of phosphoric ester groups is 1. The Bertz CT molecular complexity index is 923. The monoisotopic (exact) mass is 728 g/mol. The number of ether oxygens (including phenoxy) is 2. The predicted octanol–water partition coefficient (Wildman–Crippen LogP) is 11.0. The molecule has 0 heterocycles. The molecule has 1 unspecified atom stereocenters. The lowest BCUT2D eigenvalue weighted by molar-refractivity contribution is -0.161. The molecule has 0 aliphatic rings. The van der Waals surface area contributed by atoms with Gasteiger partial charge in [0, 0.05) is 19.4 Å². The van der Waals surface area contributed by atoms with Crippen LogP contribution in [-0.4, -0.2) is 49.3 Å². The summed E-state index contributed by atoms with van der Waals surface area (Å²) in [7, 11) is -4.37. The predicted molar refractivity (Wildman–Crippen MR) is 206 cm³/mol.